The lowest BCUT2D eigenvalue weighted by atomic mass is 9.68. The van der Waals surface area contributed by atoms with Crippen LogP contribution >= 0.6 is 0 Å². The molecule has 0 unspecified atom stereocenters. The van der Waals surface area contributed by atoms with Crippen molar-refractivity contribution in [3.63, 3.8) is 0 Å². The number of amides is 3. The Balaban J connectivity index is 1.49. The summed E-state index contributed by atoms with van der Waals surface area (Å²) in [6.07, 6.45) is 7.06. The van der Waals surface area contributed by atoms with E-state index >= 15 is 0 Å². The molecule has 3 amide bonds. The normalized spacial score (nSPS) is 26.9. The number of nitrogens with zero attached hydrogens (tertiary/aromatic N) is 3. The molecule has 1 saturated carbocycles. The highest BCUT2D eigenvalue weighted by Gasteiger charge is 2.55. The van der Waals surface area contributed by atoms with Crippen LogP contribution in [0.15, 0.2) is 54.9 Å². The van der Waals surface area contributed by atoms with Crippen LogP contribution in [0.3, 0.4) is 0 Å². The molecule has 4 rings (SSSR count). The molecule has 6 nitrogen and oxygen atoms in total. The van der Waals surface area contributed by atoms with Gasteiger partial charge in [-0.15, -0.1) is 0 Å². The molecule has 0 bridgehead atoms. The quantitative estimate of drug-likeness (QED) is 0.795. The van der Waals surface area contributed by atoms with Crippen molar-refractivity contribution in [1.82, 2.24) is 20.1 Å². The first-order chi connectivity index (χ1) is 14.0. The molecule has 29 heavy (non-hydrogen) atoms. The smallest absolute Gasteiger partial charge is 0.323 e. The van der Waals surface area contributed by atoms with Gasteiger partial charge in [-0.05, 0) is 63.4 Å². The topological polar surface area (TPSA) is 65.5 Å². The minimum Gasteiger partial charge on any atom is -0.323 e. The molecule has 2 aromatic rings. The van der Waals surface area contributed by atoms with Crippen molar-refractivity contribution >= 4 is 11.9 Å². The molecule has 2 heterocycles. The van der Waals surface area contributed by atoms with Gasteiger partial charge in [0, 0.05) is 24.5 Å². The molecule has 2 aliphatic rings. The van der Waals surface area contributed by atoms with Gasteiger partial charge >= 0.3 is 6.03 Å². The molecule has 0 radical (unpaired) electrons. The molecular formula is C23H28N4O2. The highest BCUT2D eigenvalue weighted by Crippen LogP contribution is 2.46. The van der Waals surface area contributed by atoms with Crippen molar-refractivity contribution in [2.24, 2.45) is 0 Å². The summed E-state index contributed by atoms with van der Waals surface area (Å²) in [6.45, 7) is 0.385. The Hall–Kier alpha value is -2.73. The lowest BCUT2D eigenvalue weighted by molar-refractivity contribution is -0.133. The maximum Gasteiger partial charge on any atom is 0.325 e. The zero-order chi connectivity index (χ0) is 20.5. The Bertz CT molecular complexity index is 874. The van der Waals surface area contributed by atoms with E-state index < -0.39 is 5.54 Å². The number of pyridine rings is 1. The van der Waals surface area contributed by atoms with E-state index in [2.05, 4.69) is 53.6 Å². The second-order valence-electron chi connectivity index (χ2n) is 8.37. The number of benzene rings is 1. The van der Waals surface area contributed by atoms with Gasteiger partial charge in [-0.25, -0.2) is 4.79 Å². The van der Waals surface area contributed by atoms with Crippen LogP contribution in [0.1, 0.15) is 36.8 Å². The van der Waals surface area contributed by atoms with Crippen LogP contribution in [0.2, 0.25) is 0 Å². The SMILES string of the molecule is CN(C)C1(c2ccccc2)CCC2(CC1)NC(=O)N(CCc1cccnc1)C2=O. The Morgan fingerprint density at radius 3 is 2.38 bits per heavy atom. The third-order valence-corrected chi connectivity index (χ3v) is 6.69. The number of nitrogens with one attached hydrogen (secondary N) is 1. The number of aromatic nitrogens is 1. The minimum absolute atomic E-state index is 0.0770. The van der Waals surface area contributed by atoms with E-state index in [1.165, 1.54) is 10.5 Å². The van der Waals surface area contributed by atoms with Crippen LogP contribution < -0.4 is 5.32 Å². The minimum atomic E-state index is -0.764. The van der Waals surface area contributed by atoms with E-state index in [-0.39, 0.29) is 17.5 Å². The Labute approximate surface area is 171 Å². The van der Waals surface area contributed by atoms with Crippen molar-refractivity contribution in [3.05, 3.63) is 66.0 Å². The molecule has 152 valence electrons. The fraction of sp³-hybridized carbons (Fsp3) is 0.435. The summed E-state index contributed by atoms with van der Waals surface area (Å²) in [6, 6.07) is 14.0. The second-order valence-corrected chi connectivity index (χ2v) is 8.37. The highest BCUT2D eigenvalue weighted by atomic mass is 16.2. The van der Waals surface area contributed by atoms with Gasteiger partial charge in [-0.3, -0.25) is 19.6 Å². The van der Waals surface area contributed by atoms with Gasteiger partial charge in [0.2, 0.25) is 0 Å². The number of imide groups is 1. The van der Waals surface area contributed by atoms with Crippen molar-refractivity contribution in [2.75, 3.05) is 20.6 Å². The first-order valence-electron chi connectivity index (χ1n) is 10.2. The van der Waals surface area contributed by atoms with Gasteiger partial charge in [-0.2, -0.15) is 0 Å². The molecule has 1 spiro atoms. The summed E-state index contributed by atoms with van der Waals surface area (Å²) in [5, 5.41) is 3.04. The van der Waals surface area contributed by atoms with Crippen LogP contribution in [-0.4, -0.2) is 52.9 Å². The van der Waals surface area contributed by atoms with Crippen LogP contribution in [0.25, 0.3) is 0 Å². The van der Waals surface area contributed by atoms with Crippen LogP contribution in [0.4, 0.5) is 4.79 Å². The van der Waals surface area contributed by atoms with Crippen molar-refractivity contribution < 1.29 is 9.59 Å². The molecule has 0 atom stereocenters. The number of hydrogen-bond acceptors (Lipinski definition) is 4. The second kappa shape index (κ2) is 7.59. The van der Waals surface area contributed by atoms with E-state index in [4.69, 9.17) is 0 Å². The lowest BCUT2D eigenvalue weighted by Gasteiger charge is -2.48. The molecule has 1 aromatic heterocycles. The van der Waals surface area contributed by atoms with Gasteiger partial charge in [0.25, 0.3) is 5.91 Å². The number of hydrogen-bond donors (Lipinski definition) is 1. The molecule has 1 aliphatic heterocycles. The summed E-state index contributed by atoms with van der Waals surface area (Å²) in [7, 11) is 4.19. The molecule has 1 N–H and O–H groups in total. The van der Waals surface area contributed by atoms with E-state index in [0.717, 1.165) is 18.4 Å². The number of rotatable bonds is 5. The van der Waals surface area contributed by atoms with Crippen LogP contribution in [0, 0.1) is 0 Å². The fourth-order valence-corrected chi connectivity index (χ4v) is 4.84. The first kappa shape index (κ1) is 19.6. The van der Waals surface area contributed by atoms with Gasteiger partial charge in [0.1, 0.15) is 5.54 Å². The largest absolute Gasteiger partial charge is 0.325 e. The molecule has 6 heteroatoms. The van der Waals surface area contributed by atoms with E-state index in [1.54, 1.807) is 12.4 Å². The van der Waals surface area contributed by atoms with Gasteiger partial charge in [0.05, 0.1) is 0 Å². The van der Waals surface area contributed by atoms with Crippen LogP contribution in [0.5, 0.6) is 0 Å². The summed E-state index contributed by atoms with van der Waals surface area (Å²) < 4.78 is 0. The van der Waals surface area contributed by atoms with Crippen LogP contribution in [-0.2, 0) is 16.8 Å². The van der Waals surface area contributed by atoms with E-state index in [9.17, 15) is 9.59 Å². The van der Waals surface area contributed by atoms with Gasteiger partial charge in [-0.1, -0.05) is 36.4 Å². The Kier molecular flexibility index (Phi) is 5.13. The van der Waals surface area contributed by atoms with E-state index in [0.29, 0.717) is 25.8 Å². The third kappa shape index (κ3) is 3.42. The van der Waals surface area contributed by atoms with Crippen molar-refractivity contribution in [3.8, 4) is 0 Å². The molecule has 1 aliphatic carbocycles. The summed E-state index contributed by atoms with van der Waals surface area (Å²) in [4.78, 5) is 33.6. The maximum absolute atomic E-state index is 13.2. The number of carbonyl (C=O) groups excluding carboxylic acids is 2. The number of urea groups is 1. The maximum atomic E-state index is 13.2. The summed E-state index contributed by atoms with van der Waals surface area (Å²) >= 11 is 0. The summed E-state index contributed by atoms with van der Waals surface area (Å²) in [5.74, 6) is -0.0770. The standard InChI is InChI=1S/C23H28N4O2/c1-26(2)23(19-8-4-3-5-9-19)13-11-22(12-14-23)20(28)27(21(29)25-22)16-10-18-7-6-15-24-17-18/h3-9,15,17H,10-14,16H2,1-2H3,(H,25,29). The average Bonchev–Trinajstić information content (AvgIpc) is 2.97. The predicted octanol–water partition coefficient (Wildman–Crippen LogP) is 2.95. The Morgan fingerprint density at radius 1 is 1.03 bits per heavy atom. The summed E-state index contributed by atoms with van der Waals surface area (Å²) in [5.41, 5.74) is 1.42. The monoisotopic (exact) mass is 392 g/mol. The lowest BCUT2D eigenvalue weighted by Crippen LogP contribution is -2.55. The zero-order valence-electron chi connectivity index (χ0n) is 17.1. The average molecular weight is 393 g/mol. The first-order valence-corrected chi connectivity index (χ1v) is 10.2. The van der Waals surface area contributed by atoms with Crippen molar-refractivity contribution in [2.45, 2.75) is 43.2 Å². The molecule has 2 fully saturated rings. The number of carbonyl (C=O) groups is 2. The van der Waals surface area contributed by atoms with Crippen molar-refractivity contribution in [1.29, 1.82) is 0 Å². The van der Waals surface area contributed by atoms with Gasteiger partial charge < -0.3 is 5.32 Å². The third-order valence-electron chi connectivity index (χ3n) is 6.69. The molecule has 1 saturated heterocycles. The molecule has 1 aromatic carbocycles. The van der Waals surface area contributed by atoms with E-state index in [1.807, 2.05) is 18.2 Å². The van der Waals surface area contributed by atoms with Gasteiger partial charge in [0.15, 0.2) is 0 Å². The highest BCUT2D eigenvalue weighted by molar-refractivity contribution is 6.07. The Morgan fingerprint density at radius 2 is 1.76 bits per heavy atom. The fourth-order valence-electron chi connectivity index (χ4n) is 4.84. The predicted molar refractivity (Wildman–Crippen MR) is 111 cm³/mol. The molecular weight excluding hydrogens is 364 g/mol. The zero-order valence-corrected chi connectivity index (χ0v) is 17.1.